The maximum Gasteiger partial charge on any atom is 0.483 e. The summed E-state index contributed by atoms with van der Waals surface area (Å²) in [5.74, 6) is -0.130. The van der Waals surface area contributed by atoms with Crippen LogP contribution in [-0.2, 0) is 32.0 Å². The molecule has 220 valence electrons. The number of H-pyrrole nitrogens is 1. The number of phosphoric acid groups is 2. The van der Waals surface area contributed by atoms with Crippen LogP contribution in [0.1, 0.15) is 6.23 Å². The molecule has 2 aromatic rings. The largest absolute Gasteiger partial charge is 0.483 e. The van der Waals surface area contributed by atoms with Crippen LogP contribution in [0.5, 0.6) is 0 Å². The van der Waals surface area contributed by atoms with Crippen LogP contribution in [0.2, 0.25) is 0 Å². The molecule has 2 aliphatic rings. The van der Waals surface area contributed by atoms with Gasteiger partial charge < -0.3 is 55.6 Å². The van der Waals surface area contributed by atoms with Crippen LogP contribution in [-0.4, -0.2) is 122 Å². The van der Waals surface area contributed by atoms with E-state index in [1.165, 1.54) is 0 Å². The summed E-state index contributed by atoms with van der Waals surface area (Å²) in [6.45, 7) is -1.89. The van der Waals surface area contributed by atoms with E-state index in [2.05, 4.69) is 28.3 Å². The van der Waals surface area contributed by atoms with Gasteiger partial charge >= 0.3 is 21.3 Å². The van der Waals surface area contributed by atoms with Crippen LogP contribution >= 0.6 is 15.6 Å². The summed E-state index contributed by atoms with van der Waals surface area (Å²) in [5.41, 5.74) is 4.76. The lowest BCUT2D eigenvalue weighted by molar-refractivity contribution is -0.280. The molecule has 11 atom stereocenters. The van der Waals surface area contributed by atoms with Crippen molar-refractivity contribution >= 4 is 32.6 Å². The van der Waals surface area contributed by atoms with Gasteiger partial charge in [0.05, 0.1) is 19.5 Å². The summed E-state index contributed by atoms with van der Waals surface area (Å²) in [5, 5.41) is 59.2. The van der Waals surface area contributed by atoms with Crippen molar-refractivity contribution in [3.63, 3.8) is 0 Å². The van der Waals surface area contributed by atoms with E-state index in [1.807, 2.05) is 0 Å². The first-order valence-electron chi connectivity index (χ1n) is 10.9. The second-order valence-corrected chi connectivity index (χ2v) is 11.4. The van der Waals surface area contributed by atoms with E-state index in [1.54, 1.807) is 0 Å². The Hall–Kier alpha value is -1.91. The molecule has 0 bridgehead atoms. The average molecular weight is 605 g/mol. The maximum atomic E-state index is 12.3. The molecule has 4 heterocycles. The number of aliphatic hydroxyl groups is 6. The van der Waals surface area contributed by atoms with Gasteiger partial charge in [0.2, 0.25) is 0 Å². The number of anilines is 1. The third-order valence-electron chi connectivity index (χ3n) is 5.78. The Bertz CT molecular complexity index is 1340. The molecule has 2 fully saturated rings. The quantitative estimate of drug-likeness (QED) is 0.120. The van der Waals surface area contributed by atoms with Gasteiger partial charge in [0.1, 0.15) is 54.1 Å². The first-order valence-corrected chi connectivity index (χ1v) is 13.9. The summed E-state index contributed by atoms with van der Waals surface area (Å²) in [6.07, 6.45) is -15.0. The van der Waals surface area contributed by atoms with Crippen LogP contribution in [0, 0.1) is 0 Å². The Kier molecular flexibility index (Phi) is 8.60. The molecule has 4 rings (SSSR count). The molecular weight excluding hydrogens is 580 g/mol. The lowest BCUT2D eigenvalue weighted by atomic mass is 10.00. The van der Waals surface area contributed by atoms with Crippen molar-refractivity contribution in [3.05, 3.63) is 16.8 Å². The Morgan fingerprint density at radius 2 is 1.67 bits per heavy atom. The third-order valence-corrected chi connectivity index (χ3v) is 8.38. The maximum absolute atomic E-state index is 12.3. The smallest absolute Gasteiger partial charge is 0.394 e. The first-order chi connectivity index (χ1) is 18.1. The summed E-state index contributed by atoms with van der Waals surface area (Å²) >= 11 is 0. The molecule has 2 aliphatic heterocycles. The van der Waals surface area contributed by atoms with E-state index in [4.69, 9.17) is 20.3 Å². The SMILES string of the molecule is Nc1[nH]c(=O)nc2c1ncn2C1OC(COP(=O)(O)OP(=O)(O)OC2OC(CO)C(O)C(O)C2O)C(O)C1O. The molecule has 21 nitrogen and oxygen atoms in total. The van der Waals surface area contributed by atoms with Crippen LogP contribution in [0.3, 0.4) is 0 Å². The molecule has 0 saturated carbocycles. The first kappa shape index (κ1) is 30.1. The lowest BCUT2D eigenvalue weighted by Gasteiger charge is -2.39. The molecule has 2 aromatic heterocycles. The molecule has 0 aromatic carbocycles. The normalized spacial score (nSPS) is 36.6. The lowest BCUT2D eigenvalue weighted by Crippen LogP contribution is -2.58. The van der Waals surface area contributed by atoms with Crippen molar-refractivity contribution in [3.8, 4) is 0 Å². The zero-order chi connectivity index (χ0) is 28.9. The molecular formula is C16H25N5O16P2. The monoisotopic (exact) mass is 605 g/mol. The number of ether oxygens (including phenoxy) is 2. The van der Waals surface area contributed by atoms with Gasteiger partial charge in [-0.2, -0.15) is 9.29 Å². The van der Waals surface area contributed by atoms with Crippen molar-refractivity contribution in [1.29, 1.82) is 0 Å². The summed E-state index contributed by atoms with van der Waals surface area (Å²) < 4.78 is 49.1. The Balaban J connectivity index is 1.39. The highest BCUT2D eigenvalue weighted by Crippen LogP contribution is 2.61. The number of nitrogens with zero attached hydrogens (tertiary/aromatic N) is 3. The number of hydrogen-bond acceptors (Lipinski definition) is 17. The minimum absolute atomic E-state index is 0.0472. The third kappa shape index (κ3) is 6.22. The number of phosphoric ester groups is 2. The summed E-state index contributed by atoms with van der Waals surface area (Å²) in [7, 11) is -11.1. The standard InChI is InChI=1S/C16H25N5O16P2/c17-12-6-13(20-16(28)19-12)21(3-18-6)14-10(26)8(24)5(34-14)2-33-38(29,30)37-39(31,32)36-15-11(27)9(25)7(23)4(1-22)35-15/h3-5,7-11,14-15,22-27H,1-2H2,(H,29,30)(H,31,32)(H3,17,19,20,28). The van der Waals surface area contributed by atoms with E-state index in [9.17, 15) is 49.2 Å². The minimum Gasteiger partial charge on any atom is -0.394 e. The molecule has 39 heavy (non-hydrogen) atoms. The highest BCUT2D eigenvalue weighted by Gasteiger charge is 2.49. The van der Waals surface area contributed by atoms with Gasteiger partial charge in [-0.05, 0) is 0 Å². The molecule has 23 heteroatoms. The molecule has 11 N–H and O–H groups in total. The van der Waals surface area contributed by atoms with E-state index in [0.29, 0.717) is 0 Å². The Morgan fingerprint density at radius 1 is 1.00 bits per heavy atom. The predicted octanol–water partition coefficient (Wildman–Crippen LogP) is -4.63. The molecule has 0 amide bonds. The van der Waals surface area contributed by atoms with Crippen LogP contribution in [0.25, 0.3) is 11.2 Å². The van der Waals surface area contributed by atoms with Crippen molar-refractivity contribution in [1.82, 2.24) is 19.5 Å². The fraction of sp³-hybridized carbons (Fsp3) is 0.688. The van der Waals surface area contributed by atoms with E-state index in [0.717, 1.165) is 10.9 Å². The Labute approximate surface area is 216 Å². The number of fused-ring (bicyclic) bond motifs is 1. The van der Waals surface area contributed by atoms with Gasteiger partial charge in [0.15, 0.2) is 18.2 Å². The van der Waals surface area contributed by atoms with E-state index < -0.39 is 89.8 Å². The number of hydrogen-bond donors (Lipinski definition) is 10. The number of nitrogens with one attached hydrogen (secondary N) is 1. The molecule has 0 spiro atoms. The Morgan fingerprint density at radius 3 is 2.33 bits per heavy atom. The number of aliphatic hydroxyl groups excluding tert-OH is 6. The topological polar surface area (TPSA) is 332 Å². The van der Waals surface area contributed by atoms with Crippen molar-refractivity contribution in [2.24, 2.45) is 0 Å². The fourth-order valence-electron chi connectivity index (χ4n) is 3.86. The van der Waals surface area contributed by atoms with Crippen molar-refractivity contribution in [2.75, 3.05) is 18.9 Å². The number of aromatic nitrogens is 4. The van der Waals surface area contributed by atoms with Gasteiger partial charge in [-0.15, -0.1) is 0 Å². The number of nitrogen functional groups attached to an aromatic ring is 1. The van der Waals surface area contributed by atoms with Gasteiger partial charge in [-0.3, -0.25) is 18.6 Å². The van der Waals surface area contributed by atoms with Crippen molar-refractivity contribution in [2.45, 2.75) is 55.2 Å². The second-order valence-electron chi connectivity index (χ2n) is 8.44. The van der Waals surface area contributed by atoms with Crippen LogP contribution in [0.4, 0.5) is 5.82 Å². The van der Waals surface area contributed by atoms with Crippen molar-refractivity contribution < 1.29 is 72.4 Å². The van der Waals surface area contributed by atoms with Gasteiger partial charge in [-0.1, -0.05) is 0 Å². The highest BCUT2D eigenvalue weighted by molar-refractivity contribution is 7.61. The fourth-order valence-corrected chi connectivity index (χ4v) is 6.02. The van der Waals surface area contributed by atoms with Gasteiger partial charge in [-0.25, -0.2) is 18.9 Å². The van der Waals surface area contributed by atoms with Gasteiger partial charge in [0, 0.05) is 0 Å². The number of rotatable bonds is 9. The minimum atomic E-state index is -5.60. The predicted molar refractivity (Wildman–Crippen MR) is 120 cm³/mol. The number of imidazole rings is 1. The molecule has 0 aliphatic carbocycles. The highest BCUT2D eigenvalue weighted by atomic mass is 31.3. The number of aromatic amines is 1. The summed E-state index contributed by atoms with van der Waals surface area (Å²) in [6, 6.07) is 0. The number of nitrogens with two attached hydrogens (primary N) is 1. The second kappa shape index (κ2) is 11.2. The zero-order valence-corrected chi connectivity index (χ0v) is 21.1. The van der Waals surface area contributed by atoms with Crippen LogP contribution < -0.4 is 11.4 Å². The van der Waals surface area contributed by atoms with E-state index >= 15 is 0 Å². The van der Waals surface area contributed by atoms with Gasteiger partial charge in [0.25, 0.3) is 0 Å². The zero-order valence-electron chi connectivity index (χ0n) is 19.3. The van der Waals surface area contributed by atoms with Crippen LogP contribution in [0.15, 0.2) is 11.1 Å². The summed E-state index contributed by atoms with van der Waals surface area (Å²) in [4.78, 5) is 41.3. The average Bonchev–Trinajstić information content (AvgIpc) is 3.38. The molecule has 0 radical (unpaired) electrons. The molecule has 2 saturated heterocycles. The molecule has 11 unspecified atom stereocenters. The van der Waals surface area contributed by atoms with E-state index in [-0.39, 0.29) is 17.0 Å².